The van der Waals surface area contributed by atoms with Gasteiger partial charge >= 0.3 is 0 Å². The third-order valence-corrected chi connectivity index (χ3v) is 2.10. The number of halogens is 1. The Balaban J connectivity index is 2.68. The van der Waals surface area contributed by atoms with Crippen molar-refractivity contribution in [2.45, 2.75) is 20.8 Å². The summed E-state index contributed by atoms with van der Waals surface area (Å²) in [6.07, 6.45) is 1.74. The van der Waals surface area contributed by atoms with E-state index in [2.05, 4.69) is 47.0 Å². The summed E-state index contributed by atoms with van der Waals surface area (Å²) in [6, 6.07) is 1.85. The Hall–Kier alpha value is -0.770. The standard InChI is InChI=1S/C10H16BrN3/c1-10(2,3)6-14-9-8(12)4-7(11)5-13-9/h4-5H,6,12H2,1-3H3,(H,13,14). The molecule has 3 N–H and O–H groups in total. The summed E-state index contributed by atoms with van der Waals surface area (Å²) in [5.41, 5.74) is 6.69. The van der Waals surface area contributed by atoms with E-state index in [0.29, 0.717) is 5.69 Å². The Morgan fingerprint density at radius 3 is 2.64 bits per heavy atom. The molecular weight excluding hydrogens is 242 g/mol. The molecule has 1 heterocycles. The molecule has 14 heavy (non-hydrogen) atoms. The predicted molar refractivity (Wildman–Crippen MR) is 64.3 cm³/mol. The molecule has 1 rings (SSSR count). The Morgan fingerprint density at radius 1 is 1.50 bits per heavy atom. The first kappa shape index (κ1) is 11.3. The van der Waals surface area contributed by atoms with Crippen LogP contribution in [0.25, 0.3) is 0 Å². The van der Waals surface area contributed by atoms with Crippen LogP contribution in [0.4, 0.5) is 11.5 Å². The van der Waals surface area contributed by atoms with E-state index in [9.17, 15) is 0 Å². The van der Waals surface area contributed by atoms with Crippen molar-refractivity contribution in [3.05, 3.63) is 16.7 Å². The zero-order chi connectivity index (χ0) is 10.8. The van der Waals surface area contributed by atoms with Gasteiger partial charge in [0, 0.05) is 17.2 Å². The van der Waals surface area contributed by atoms with Crippen LogP contribution in [0.15, 0.2) is 16.7 Å². The third kappa shape index (κ3) is 3.54. The summed E-state index contributed by atoms with van der Waals surface area (Å²) in [5, 5.41) is 3.22. The van der Waals surface area contributed by atoms with Crippen LogP contribution in [-0.4, -0.2) is 11.5 Å². The minimum absolute atomic E-state index is 0.223. The predicted octanol–water partition coefficient (Wildman–Crippen LogP) is 2.88. The summed E-state index contributed by atoms with van der Waals surface area (Å²) < 4.78 is 0.899. The van der Waals surface area contributed by atoms with Gasteiger partial charge in [0.2, 0.25) is 0 Å². The van der Waals surface area contributed by atoms with Crippen molar-refractivity contribution >= 4 is 27.4 Å². The van der Waals surface area contributed by atoms with Crippen LogP contribution in [0, 0.1) is 5.41 Å². The van der Waals surface area contributed by atoms with Crippen LogP contribution in [-0.2, 0) is 0 Å². The second-order valence-electron chi connectivity index (χ2n) is 4.51. The lowest BCUT2D eigenvalue weighted by molar-refractivity contribution is 0.442. The maximum atomic E-state index is 5.80. The lowest BCUT2D eigenvalue weighted by Gasteiger charge is -2.19. The van der Waals surface area contributed by atoms with Crippen molar-refractivity contribution in [2.75, 3.05) is 17.6 Å². The first-order valence-corrected chi connectivity index (χ1v) is 5.33. The molecule has 1 aromatic heterocycles. The molecule has 0 aliphatic rings. The van der Waals surface area contributed by atoms with Gasteiger partial charge in [0.25, 0.3) is 0 Å². The average molecular weight is 258 g/mol. The molecule has 0 atom stereocenters. The molecule has 0 aliphatic heterocycles. The van der Waals surface area contributed by atoms with E-state index in [1.807, 2.05) is 6.07 Å². The quantitative estimate of drug-likeness (QED) is 0.857. The number of nitrogens with two attached hydrogens (primary N) is 1. The molecule has 0 radical (unpaired) electrons. The summed E-state index contributed by atoms with van der Waals surface area (Å²) in [7, 11) is 0. The van der Waals surface area contributed by atoms with Gasteiger partial charge in [-0.1, -0.05) is 20.8 Å². The minimum atomic E-state index is 0.223. The molecule has 1 aromatic rings. The fourth-order valence-corrected chi connectivity index (χ4v) is 1.30. The van der Waals surface area contributed by atoms with E-state index >= 15 is 0 Å². The van der Waals surface area contributed by atoms with Gasteiger partial charge in [-0.3, -0.25) is 0 Å². The molecule has 78 valence electrons. The molecule has 0 bridgehead atoms. The fraction of sp³-hybridized carbons (Fsp3) is 0.500. The van der Waals surface area contributed by atoms with E-state index in [0.717, 1.165) is 16.8 Å². The SMILES string of the molecule is CC(C)(C)CNc1ncc(Br)cc1N. The Labute approximate surface area is 93.2 Å². The molecule has 3 nitrogen and oxygen atoms in total. The van der Waals surface area contributed by atoms with Crippen LogP contribution >= 0.6 is 15.9 Å². The normalized spacial score (nSPS) is 11.4. The van der Waals surface area contributed by atoms with Gasteiger partial charge in [0.1, 0.15) is 5.82 Å². The van der Waals surface area contributed by atoms with Crippen molar-refractivity contribution in [1.29, 1.82) is 0 Å². The zero-order valence-electron chi connectivity index (χ0n) is 8.76. The Kier molecular flexibility index (Phi) is 3.37. The smallest absolute Gasteiger partial charge is 0.149 e. The highest BCUT2D eigenvalue weighted by molar-refractivity contribution is 9.10. The lowest BCUT2D eigenvalue weighted by atomic mass is 9.97. The number of hydrogen-bond acceptors (Lipinski definition) is 3. The van der Waals surface area contributed by atoms with E-state index in [4.69, 9.17) is 5.73 Å². The summed E-state index contributed by atoms with van der Waals surface area (Å²) >= 11 is 3.32. The van der Waals surface area contributed by atoms with Gasteiger partial charge in [-0.15, -0.1) is 0 Å². The molecule has 0 saturated carbocycles. The van der Waals surface area contributed by atoms with Crippen molar-refractivity contribution in [3.8, 4) is 0 Å². The number of hydrogen-bond donors (Lipinski definition) is 2. The fourth-order valence-electron chi connectivity index (χ4n) is 0.952. The maximum absolute atomic E-state index is 5.80. The van der Waals surface area contributed by atoms with E-state index in [-0.39, 0.29) is 5.41 Å². The lowest BCUT2D eigenvalue weighted by Crippen LogP contribution is -2.20. The highest BCUT2D eigenvalue weighted by Crippen LogP contribution is 2.21. The molecule has 4 heteroatoms. The molecule has 0 unspecified atom stereocenters. The zero-order valence-corrected chi connectivity index (χ0v) is 10.4. The monoisotopic (exact) mass is 257 g/mol. The Morgan fingerprint density at radius 2 is 2.14 bits per heavy atom. The first-order valence-electron chi connectivity index (χ1n) is 4.53. The van der Waals surface area contributed by atoms with E-state index in [1.54, 1.807) is 6.20 Å². The van der Waals surface area contributed by atoms with Gasteiger partial charge in [0.05, 0.1) is 5.69 Å². The summed E-state index contributed by atoms with van der Waals surface area (Å²) in [4.78, 5) is 4.20. The number of nitrogens with one attached hydrogen (secondary N) is 1. The van der Waals surface area contributed by atoms with Crippen molar-refractivity contribution < 1.29 is 0 Å². The highest BCUT2D eigenvalue weighted by atomic mass is 79.9. The van der Waals surface area contributed by atoms with Crippen LogP contribution in [0.1, 0.15) is 20.8 Å². The molecule has 0 saturated heterocycles. The number of nitrogen functional groups attached to an aromatic ring is 1. The number of aromatic nitrogens is 1. The number of rotatable bonds is 2. The number of nitrogens with zero attached hydrogens (tertiary/aromatic N) is 1. The summed E-state index contributed by atoms with van der Waals surface area (Å²) in [6.45, 7) is 7.34. The molecule has 0 fully saturated rings. The molecular formula is C10H16BrN3. The van der Waals surface area contributed by atoms with Crippen LogP contribution in [0.2, 0.25) is 0 Å². The first-order chi connectivity index (χ1) is 6.38. The molecule has 0 aliphatic carbocycles. The molecule has 0 amide bonds. The van der Waals surface area contributed by atoms with E-state index < -0.39 is 0 Å². The van der Waals surface area contributed by atoms with Gasteiger partial charge in [-0.25, -0.2) is 4.98 Å². The number of pyridine rings is 1. The van der Waals surface area contributed by atoms with Crippen LogP contribution < -0.4 is 11.1 Å². The van der Waals surface area contributed by atoms with Gasteiger partial charge in [-0.05, 0) is 27.4 Å². The highest BCUT2D eigenvalue weighted by Gasteiger charge is 2.10. The molecule has 0 aromatic carbocycles. The second-order valence-corrected chi connectivity index (χ2v) is 5.42. The Bertz CT molecular complexity index is 318. The van der Waals surface area contributed by atoms with Gasteiger partial charge in [0.15, 0.2) is 0 Å². The topological polar surface area (TPSA) is 50.9 Å². The average Bonchev–Trinajstić information content (AvgIpc) is 2.00. The molecule has 0 spiro atoms. The largest absolute Gasteiger partial charge is 0.396 e. The van der Waals surface area contributed by atoms with Crippen molar-refractivity contribution in [3.63, 3.8) is 0 Å². The van der Waals surface area contributed by atoms with Crippen molar-refractivity contribution in [2.24, 2.45) is 5.41 Å². The third-order valence-electron chi connectivity index (χ3n) is 1.67. The second kappa shape index (κ2) is 4.17. The van der Waals surface area contributed by atoms with Crippen LogP contribution in [0.3, 0.4) is 0 Å². The van der Waals surface area contributed by atoms with E-state index in [1.165, 1.54) is 0 Å². The van der Waals surface area contributed by atoms with Gasteiger partial charge in [-0.2, -0.15) is 0 Å². The van der Waals surface area contributed by atoms with Crippen LogP contribution in [0.5, 0.6) is 0 Å². The maximum Gasteiger partial charge on any atom is 0.149 e. The number of anilines is 2. The summed E-state index contributed by atoms with van der Waals surface area (Å²) in [5.74, 6) is 0.753. The van der Waals surface area contributed by atoms with Crippen molar-refractivity contribution in [1.82, 2.24) is 4.98 Å². The van der Waals surface area contributed by atoms with Gasteiger partial charge < -0.3 is 11.1 Å². The minimum Gasteiger partial charge on any atom is -0.396 e.